The molecule has 1 nitrogen and oxygen atoms in total. The van der Waals surface area contributed by atoms with Gasteiger partial charge in [0.15, 0.2) is 0 Å². The number of halogens is 1. The molecule has 0 spiro atoms. The number of rotatable bonds is 4. The lowest BCUT2D eigenvalue weighted by Crippen LogP contribution is -1.92. The third kappa shape index (κ3) is 2.55. The molecule has 0 fully saturated rings. The maximum Gasteiger partial charge on any atom is 0.0320 e. The van der Waals surface area contributed by atoms with Gasteiger partial charge in [0.05, 0.1) is 0 Å². The highest BCUT2D eigenvalue weighted by molar-refractivity contribution is 9.10. The second-order valence-electron chi connectivity index (χ2n) is 3.14. The van der Waals surface area contributed by atoms with Crippen molar-refractivity contribution in [2.75, 3.05) is 0 Å². The number of hydrogen-bond acceptors (Lipinski definition) is 2. The van der Waals surface area contributed by atoms with Crippen molar-refractivity contribution in [3.63, 3.8) is 0 Å². The highest BCUT2D eigenvalue weighted by Crippen LogP contribution is 2.36. The van der Waals surface area contributed by atoms with Crippen LogP contribution >= 0.6 is 27.3 Å². The molecular weight excluding hydrogens is 246 g/mol. The van der Waals surface area contributed by atoms with Gasteiger partial charge in [0.1, 0.15) is 0 Å². The molecule has 0 atom stereocenters. The molecule has 2 N–H and O–H groups in total. The predicted octanol–water partition coefficient (Wildman–Crippen LogP) is 3.87. The van der Waals surface area contributed by atoms with Crippen LogP contribution < -0.4 is 5.73 Å². The van der Waals surface area contributed by atoms with Crippen LogP contribution in [0, 0.1) is 0 Å². The first-order valence-electron chi connectivity index (χ1n) is 4.71. The Kier molecular flexibility index (Phi) is 4.42. The summed E-state index contributed by atoms with van der Waals surface area (Å²) in [5.41, 5.74) is 5.60. The summed E-state index contributed by atoms with van der Waals surface area (Å²) in [6.07, 6.45) is 2.42. The molecule has 13 heavy (non-hydrogen) atoms. The van der Waals surface area contributed by atoms with Gasteiger partial charge in [0.2, 0.25) is 0 Å². The van der Waals surface area contributed by atoms with Gasteiger partial charge in [-0.3, -0.25) is 0 Å². The Labute approximate surface area is 92.5 Å². The van der Waals surface area contributed by atoms with Crippen molar-refractivity contribution in [2.24, 2.45) is 5.73 Å². The van der Waals surface area contributed by atoms with Crippen LogP contribution in [0.25, 0.3) is 0 Å². The molecule has 1 heterocycles. The summed E-state index contributed by atoms with van der Waals surface area (Å²) >= 11 is 5.44. The minimum atomic E-state index is 0.656. The SMILES string of the molecule is CCC(CC)c1sc(CN)cc1Br. The summed E-state index contributed by atoms with van der Waals surface area (Å²) in [4.78, 5) is 2.74. The van der Waals surface area contributed by atoms with Gasteiger partial charge in [-0.25, -0.2) is 0 Å². The van der Waals surface area contributed by atoms with Crippen LogP contribution in [0.3, 0.4) is 0 Å². The summed E-state index contributed by atoms with van der Waals surface area (Å²) in [7, 11) is 0. The molecule has 0 bridgehead atoms. The molecular formula is C10H16BrNS. The Hall–Kier alpha value is 0.140. The van der Waals surface area contributed by atoms with Crippen molar-refractivity contribution < 1.29 is 0 Å². The van der Waals surface area contributed by atoms with E-state index in [9.17, 15) is 0 Å². The molecule has 0 amide bonds. The lowest BCUT2D eigenvalue weighted by atomic mass is 10.0. The van der Waals surface area contributed by atoms with E-state index in [-0.39, 0.29) is 0 Å². The van der Waals surface area contributed by atoms with Crippen LogP contribution in [0.2, 0.25) is 0 Å². The van der Waals surface area contributed by atoms with Gasteiger partial charge in [-0.2, -0.15) is 0 Å². The van der Waals surface area contributed by atoms with E-state index in [0.717, 1.165) is 0 Å². The maximum atomic E-state index is 5.60. The van der Waals surface area contributed by atoms with Gasteiger partial charge in [-0.1, -0.05) is 13.8 Å². The van der Waals surface area contributed by atoms with Crippen LogP contribution in [0.4, 0.5) is 0 Å². The Bertz CT molecular complexity index is 266. The molecule has 0 aliphatic carbocycles. The first-order valence-corrected chi connectivity index (χ1v) is 6.32. The van der Waals surface area contributed by atoms with Gasteiger partial charge in [0.25, 0.3) is 0 Å². The fourth-order valence-corrected chi connectivity index (χ4v) is 3.66. The highest BCUT2D eigenvalue weighted by atomic mass is 79.9. The zero-order valence-electron chi connectivity index (χ0n) is 8.14. The smallest absolute Gasteiger partial charge is 0.0320 e. The van der Waals surface area contributed by atoms with Crippen molar-refractivity contribution >= 4 is 27.3 Å². The topological polar surface area (TPSA) is 26.0 Å². The second-order valence-corrected chi connectivity index (χ2v) is 5.17. The van der Waals surface area contributed by atoms with Crippen LogP contribution in [0.1, 0.15) is 42.4 Å². The first-order chi connectivity index (χ1) is 6.22. The molecule has 0 saturated carbocycles. The van der Waals surface area contributed by atoms with Crippen molar-refractivity contribution in [1.29, 1.82) is 0 Å². The third-order valence-corrected chi connectivity index (χ3v) is 4.56. The van der Waals surface area contributed by atoms with E-state index in [1.165, 1.54) is 27.1 Å². The Morgan fingerprint density at radius 2 is 2.08 bits per heavy atom. The summed E-state index contributed by atoms with van der Waals surface area (Å²) < 4.78 is 1.24. The third-order valence-electron chi connectivity index (χ3n) is 2.32. The Balaban J connectivity index is 2.91. The van der Waals surface area contributed by atoms with Crippen molar-refractivity contribution in [3.05, 3.63) is 20.3 Å². The van der Waals surface area contributed by atoms with Crippen LogP contribution in [-0.4, -0.2) is 0 Å². The Morgan fingerprint density at radius 1 is 1.46 bits per heavy atom. The molecule has 0 radical (unpaired) electrons. The average molecular weight is 262 g/mol. The fourth-order valence-electron chi connectivity index (χ4n) is 1.47. The molecule has 3 heteroatoms. The lowest BCUT2D eigenvalue weighted by Gasteiger charge is -2.09. The summed E-state index contributed by atoms with van der Waals surface area (Å²) in [6, 6.07) is 2.15. The molecule has 0 aromatic carbocycles. The van der Waals surface area contributed by atoms with Crippen molar-refractivity contribution in [1.82, 2.24) is 0 Å². The van der Waals surface area contributed by atoms with Gasteiger partial charge in [-0.15, -0.1) is 11.3 Å². The normalized spacial score (nSPS) is 11.2. The molecule has 0 aliphatic rings. The van der Waals surface area contributed by atoms with Crippen molar-refractivity contribution in [3.8, 4) is 0 Å². The van der Waals surface area contributed by atoms with Gasteiger partial charge >= 0.3 is 0 Å². The first kappa shape index (κ1) is 11.2. The Morgan fingerprint density at radius 3 is 2.46 bits per heavy atom. The zero-order chi connectivity index (χ0) is 9.84. The average Bonchev–Trinajstić information content (AvgIpc) is 2.50. The summed E-state index contributed by atoms with van der Waals surface area (Å²) in [6.45, 7) is 5.13. The summed E-state index contributed by atoms with van der Waals surface area (Å²) in [5, 5.41) is 0. The minimum absolute atomic E-state index is 0.656. The largest absolute Gasteiger partial charge is 0.326 e. The monoisotopic (exact) mass is 261 g/mol. The standard InChI is InChI=1S/C10H16BrNS/c1-3-7(4-2)10-9(11)5-8(6-12)13-10/h5,7H,3-4,6,12H2,1-2H3. The van der Waals surface area contributed by atoms with E-state index in [1.807, 2.05) is 11.3 Å². The van der Waals surface area contributed by atoms with Crippen LogP contribution in [-0.2, 0) is 6.54 Å². The van der Waals surface area contributed by atoms with E-state index in [1.54, 1.807) is 0 Å². The lowest BCUT2D eigenvalue weighted by molar-refractivity contribution is 0.651. The second kappa shape index (κ2) is 5.13. The summed E-state index contributed by atoms with van der Waals surface area (Å²) in [5.74, 6) is 0.694. The molecule has 1 aromatic heterocycles. The number of thiophene rings is 1. The van der Waals surface area contributed by atoms with E-state index >= 15 is 0 Å². The quantitative estimate of drug-likeness (QED) is 0.875. The number of hydrogen-bond donors (Lipinski definition) is 1. The van der Waals surface area contributed by atoms with Gasteiger partial charge in [0, 0.05) is 20.8 Å². The van der Waals surface area contributed by atoms with E-state index in [0.29, 0.717) is 12.5 Å². The molecule has 0 aliphatic heterocycles. The molecule has 74 valence electrons. The molecule has 1 rings (SSSR count). The van der Waals surface area contributed by atoms with E-state index in [4.69, 9.17) is 5.73 Å². The highest BCUT2D eigenvalue weighted by Gasteiger charge is 2.13. The van der Waals surface area contributed by atoms with E-state index in [2.05, 4.69) is 35.8 Å². The molecule has 0 saturated heterocycles. The fraction of sp³-hybridized carbons (Fsp3) is 0.600. The molecule has 0 unspecified atom stereocenters. The van der Waals surface area contributed by atoms with Gasteiger partial charge < -0.3 is 5.73 Å². The van der Waals surface area contributed by atoms with Crippen LogP contribution in [0.5, 0.6) is 0 Å². The zero-order valence-corrected chi connectivity index (χ0v) is 10.5. The van der Waals surface area contributed by atoms with Crippen LogP contribution in [0.15, 0.2) is 10.5 Å². The molecule has 1 aromatic rings. The minimum Gasteiger partial charge on any atom is -0.326 e. The maximum absolute atomic E-state index is 5.60. The van der Waals surface area contributed by atoms with E-state index < -0.39 is 0 Å². The van der Waals surface area contributed by atoms with Crippen molar-refractivity contribution in [2.45, 2.75) is 39.2 Å². The van der Waals surface area contributed by atoms with Gasteiger partial charge in [-0.05, 0) is 40.8 Å². The number of nitrogens with two attached hydrogens (primary N) is 1. The predicted molar refractivity (Wildman–Crippen MR) is 63.2 cm³/mol.